The minimum atomic E-state index is -0.206. The summed E-state index contributed by atoms with van der Waals surface area (Å²) in [7, 11) is 0. The molecule has 3 unspecified atom stereocenters. The first-order valence-electron chi connectivity index (χ1n) is 7.61. The largest absolute Gasteiger partial charge is 0.392 e. The van der Waals surface area contributed by atoms with Gasteiger partial charge in [0.2, 0.25) is 0 Å². The number of piperidine rings is 1. The average molecular weight is 254 g/mol. The molecule has 3 nitrogen and oxygen atoms in total. The van der Waals surface area contributed by atoms with Gasteiger partial charge in [0.05, 0.1) is 6.10 Å². The van der Waals surface area contributed by atoms with Crippen molar-refractivity contribution in [3.8, 4) is 0 Å². The molecule has 18 heavy (non-hydrogen) atoms. The van der Waals surface area contributed by atoms with Crippen molar-refractivity contribution in [1.29, 1.82) is 0 Å². The van der Waals surface area contributed by atoms with Crippen molar-refractivity contribution in [1.82, 2.24) is 10.2 Å². The average Bonchev–Trinajstić information content (AvgIpc) is 2.67. The van der Waals surface area contributed by atoms with Crippen LogP contribution >= 0.6 is 0 Å². The van der Waals surface area contributed by atoms with Gasteiger partial charge in [-0.05, 0) is 37.6 Å². The Kier molecular flexibility index (Phi) is 4.68. The van der Waals surface area contributed by atoms with E-state index in [2.05, 4.69) is 31.0 Å². The second kappa shape index (κ2) is 5.89. The lowest BCUT2D eigenvalue weighted by Gasteiger charge is -2.33. The van der Waals surface area contributed by atoms with Gasteiger partial charge >= 0.3 is 0 Å². The molecule has 106 valence electrons. The fraction of sp³-hybridized carbons (Fsp3) is 1.00. The number of rotatable bonds is 4. The van der Waals surface area contributed by atoms with Crippen LogP contribution in [0.5, 0.6) is 0 Å². The summed E-state index contributed by atoms with van der Waals surface area (Å²) in [5, 5.41) is 13.7. The molecule has 2 fully saturated rings. The smallest absolute Gasteiger partial charge is 0.0669 e. The van der Waals surface area contributed by atoms with Gasteiger partial charge in [-0.3, -0.25) is 4.90 Å². The number of nitrogens with zero attached hydrogens (tertiary/aromatic N) is 1. The molecule has 3 heteroatoms. The third-order valence-corrected chi connectivity index (χ3v) is 4.32. The van der Waals surface area contributed by atoms with Crippen LogP contribution in [0.2, 0.25) is 0 Å². The van der Waals surface area contributed by atoms with Gasteiger partial charge in [0.1, 0.15) is 0 Å². The number of hydrogen-bond donors (Lipinski definition) is 2. The molecule has 2 rings (SSSR count). The Labute approximate surface area is 112 Å². The maximum absolute atomic E-state index is 10.1. The lowest BCUT2D eigenvalue weighted by molar-refractivity contribution is 0.111. The third kappa shape index (κ3) is 3.94. The van der Waals surface area contributed by atoms with Crippen LogP contribution in [0, 0.1) is 5.41 Å². The van der Waals surface area contributed by atoms with Gasteiger partial charge in [-0.15, -0.1) is 0 Å². The standard InChI is InChI=1S/C15H30N2O/c1-15(2,3)10-12(18)11-16-13-7-9-17-8-5-4-6-14(13)17/h12-14,16,18H,4-11H2,1-3H3. The van der Waals surface area contributed by atoms with Crippen molar-refractivity contribution in [3.05, 3.63) is 0 Å². The van der Waals surface area contributed by atoms with Gasteiger partial charge in [0.25, 0.3) is 0 Å². The number of fused-ring (bicyclic) bond motifs is 1. The van der Waals surface area contributed by atoms with Crippen LogP contribution in [-0.2, 0) is 0 Å². The van der Waals surface area contributed by atoms with Crippen molar-refractivity contribution in [2.45, 2.75) is 71.1 Å². The second-order valence-electron chi connectivity index (χ2n) is 7.32. The zero-order chi connectivity index (χ0) is 13.2. The summed E-state index contributed by atoms with van der Waals surface area (Å²) >= 11 is 0. The summed E-state index contributed by atoms with van der Waals surface area (Å²) in [6, 6.07) is 1.35. The molecular formula is C15H30N2O. The molecule has 0 aromatic rings. The summed E-state index contributed by atoms with van der Waals surface area (Å²) < 4.78 is 0. The van der Waals surface area contributed by atoms with E-state index in [9.17, 15) is 5.11 Å². The van der Waals surface area contributed by atoms with Gasteiger partial charge in [0.15, 0.2) is 0 Å². The van der Waals surface area contributed by atoms with E-state index < -0.39 is 0 Å². The van der Waals surface area contributed by atoms with E-state index in [1.807, 2.05) is 0 Å². The Bertz CT molecular complexity index is 262. The predicted molar refractivity (Wildman–Crippen MR) is 75.7 cm³/mol. The van der Waals surface area contributed by atoms with Crippen LogP contribution < -0.4 is 5.32 Å². The maximum Gasteiger partial charge on any atom is 0.0669 e. The maximum atomic E-state index is 10.1. The van der Waals surface area contributed by atoms with Gasteiger partial charge in [-0.2, -0.15) is 0 Å². The van der Waals surface area contributed by atoms with E-state index in [0.717, 1.165) is 19.0 Å². The SMILES string of the molecule is CC(C)(C)CC(O)CNC1CCN2CCCCC12. The first-order chi connectivity index (χ1) is 8.46. The number of aliphatic hydroxyl groups is 1. The van der Waals surface area contributed by atoms with E-state index in [-0.39, 0.29) is 11.5 Å². The minimum Gasteiger partial charge on any atom is -0.392 e. The van der Waals surface area contributed by atoms with E-state index in [0.29, 0.717) is 6.04 Å². The monoisotopic (exact) mass is 254 g/mol. The fourth-order valence-electron chi connectivity index (χ4n) is 3.55. The highest BCUT2D eigenvalue weighted by molar-refractivity contribution is 4.94. The topological polar surface area (TPSA) is 35.5 Å². The molecule has 0 radical (unpaired) electrons. The van der Waals surface area contributed by atoms with Gasteiger partial charge < -0.3 is 10.4 Å². The zero-order valence-electron chi connectivity index (χ0n) is 12.3. The molecule has 0 spiro atoms. The fourth-order valence-corrected chi connectivity index (χ4v) is 3.55. The summed E-state index contributed by atoms with van der Waals surface area (Å²) in [6.07, 6.45) is 6.02. The van der Waals surface area contributed by atoms with Crippen LogP contribution in [0.3, 0.4) is 0 Å². The lowest BCUT2D eigenvalue weighted by atomic mass is 9.89. The van der Waals surface area contributed by atoms with E-state index in [4.69, 9.17) is 0 Å². The first kappa shape index (κ1) is 14.3. The van der Waals surface area contributed by atoms with Crippen molar-refractivity contribution >= 4 is 0 Å². The van der Waals surface area contributed by atoms with Gasteiger partial charge in [0, 0.05) is 25.2 Å². The molecule has 0 saturated carbocycles. The molecular weight excluding hydrogens is 224 g/mol. The van der Waals surface area contributed by atoms with Gasteiger partial charge in [-0.25, -0.2) is 0 Å². The molecule has 0 aromatic heterocycles. The van der Waals surface area contributed by atoms with Crippen molar-refractivity contribution < 1.29 is 5.11 Å². The first-order valence-corrected chi connectivity index (χ1v) is 7.61. The van der Waals surface area contributed by atoms with Crippen LogP contribution in [0.15, 0.2) is 0 Å². The highest BCUT2D eigenvalue weighted by atomic mass is 16.3. The van der Waals surface area contributed by atoms with E-state index in [1.54, 1.807) is 0 Å². The third-order valence-electron chi connectivity index (χ3n) is 4.32. The molecule has 2 N–H and O–H groups in total. The molecule has 2 aliphatic heterocycles. The van der Waals surface area contributed by atoms with E-state index >= 15 is 0 Å². The second-order valence-corrected chi connectivity index (χ2v) is 7.32. The van der Waals surface area contributed by atoms with Gasteiger partial charge in [-0.1, -0.05) is 27.2 Å². The highest BCUT2D eigenvalue weighted by Gasteiger charge is 2.35. The molecule has 2 saturated heterocycles. The summed E-state index contributed by atoms with van der Waals surface area (Å²) in [5.74, 6) is 0. The zero-order valence-corrected chi connectivity index (χ0v) is 12.3. The van der Waals surface area contributed by atoms with Crippen molar-refractivity contribution in [3.63, 3.8) is 0 Å². The Morgan fingerprint density at radius 1 is 1.22 bits per heavy atom. The Morgan fingerprint density at radius 2 is 2.00 bits per heavy atom. The van der Waals surface area contributed by atoms with Crippen LogP contribution in [0.4, 0.5) is 0 Å². The predicted octanol–water partition coefficient (Wildman–Crippen LogP) is 2.00. The number of hydrogen-bond acceptors (Lipinski definition) is 3. The Balaban J connectivity index is 1.73. The molecule has 3 atom stereocenters. The molecule has 0 bridgehead atoms. The molecule has 0 aromatic carbocycles. The molecule has 2 heterocycles. The number of aliphatic hydroxyl groups excluding tert-OH is 1. The van der Waals surface area contributed by atoms with Crippen molar-refractivity contribution in [2.24, 2.45) is 5.41 Å². The van der Waals surface area contributed by atoms with Crippen LogP contribution in [-0.4, -0.2) is 47.8 Å². The molecule has 0 amide bonds. The quantitative estimate of drug-likeness (QED) is 0.805. The van der Waals surface area contributed by atoms with E-state index in [1.165, 1.54) is 38.8 Å². The summed E-state index contributed by atoms with van der Waals surface area (Å²) in [4.78, 5) is 2.64. The van der Waals surface area contributed by atoms with Crippen LogP contribution in [0.1, 0.15) is 52.9 Å². The molecule has 2 aliphatic rings. The minimum absolute atomic E-state index is 0.206. The highest BCUT2D eigenvalue weighted by Crippen LogP contribution is 2.27. The number of nitrogens with one attached hydrogen (secondary N) is 1. The van der Waals surface area contributed by atoms with Crippen molar-refractivity contribution in [2.75, 3.05) is 19.6 Å². The molecule has 0 aliphatic carbocycles. The Hall–Kier alpha value is -0.120. The Morgan fingerprint density at radius 3 is 2.72 bits per heavy atom. The lowest BCUT2D eigenvalue weighted by Crippen LogP contribution is -2.47. The summed E-state index contributed by atoms with van der Waals surface area (Å²) in [6.45, 7) is 9.86. The summed E-state index contributed by atoms with van der Waals surface area (Å²) in [5.41, 5.74) is 0.216. The van der Waals surface area contributed by atoms with Crippen LogP contribution in [0.25, 0.3) is 0 Å². The normalized spacial score (nSPS) is 31.3.